The molecule has 0 aliphatic carbocycles. The molecular formula is C18H31BrS. The molecule has 0 aliphatic heterocycles. The minimum atomic E-state index is 0.575. The first-order valence-electron chi connectivity index (χ1n) is 8.36. The highest BCUT2D eigenvalue weighted by Gasteiger charge is 2.12. The van der Waals surface area contributed by atoms with Crippen LogP contribution in [-0.4, -0.2) is 0 Å². The molecule has 0 nitrogen and oxygen atoms in total. The van der Waals surface area contributed by atoms with Crippen LogP contribution in [0.3, 0.4) is 0 Å². The molecule has 1 aromatic heterocycles. The van der Waals surface area contributed by atoms with Crippen LogP contribution in [0, 0.1) is 13.8 Å². The van der Waals surface area contributed by atoms with Gasteiger partial charge in [0.1, 0.15) is 0 Å². The van der Waals surface area contributed by atoms with E-state index < -0.39 is 0 Å². The topological polar surface area (TPSA) is 0 Å². The van der Waals surface area contributed by atoms with Gasteiger partial charge in [0.15, 0.2) is 0 Å². The highest BCUT2D eigenvalue weighted by Crippen LogP contribution is 2.36. The monoisotopic (exact) mass is 358 g/mol. The molecule has 2 heteroatoms. The first-order valence-corrected chi connectivity index (χ1v) is 10.1. The minimum Gasteiger partial charge on any atom is -0.144 e. The Hall–Kier alpha value is 0.180. The summed E-state index contributed by atoms with van der Waals surface area (Å²) in [4.78, 5) is 3.56. The van der Waals surface area contributed by atoms with Crippen LogP contribution in [-0.2, 0) is 0 Å². The summed E-state index contributed by atoms with van der Waals surface area (Å²) in [5, 5.41) is 0. The highest BCUT2D eigenvalue weighted by molar-refractivity contribution is 9.09. The molecule has 0 spiro atoms. The van der Waals surface area contributed by atoms with Crippen LogP contribution in [0.15, 0.2) is 6.07 Å². The largest absolute Gasteiger partial charge is 0.144 e. The molecule has 0 fully saturated rings. The molecule has 1 unspecified atom stereocenters. The number of hydrogen-bond donors (Lipinski definition) is 0. The van der Waals surface area contributed by atoms with Gasteiger partial charge in [-0.05, 0) is 31.9 Å². The standard InChI is InChI=1S/C18H31BrS/c1-4-5-6-7-8-9-10-11-12-13-17(19)18-15(2)14-16(3)20-18/h14,17H,4-13H2,1-3H3. The molecule has 0 bridgehead atoms. The highest BCUT2D eigenvalue weighted by atomic mass is 79.9. The zero-order chi connectivity index (χ0) is 14.8. The molecule has 1 atom stereocenters. The minimum absolute atomic E-state index is 0.575. The molecule has 0 saturated heterocycles. The Labute approximate surface area is 138 Å². The van der Waals surface area contributed by atoms with Crippen molar-refractivity contribution < 1.29 is 0 Å². The molecular weight excluding hydrogens is 328 g/mol. The van der Waals surface area contributed by atoms with Gasteiger partial charge in [0, 0.05) is 14.6 Å². The maximum atomic E-state index is 3.87. The number of hydrogen-bond acceptors (Lipinski definition) is 1. The van der Waals surface area contributed by atoms with Crippen molar-refractivity contribution >= 4 is 27.3 Å². The van der Waals surface area contributed by atoms with Gasteiger partial charge in [-0.25, -0.2) is 0 Å². The van der Waals surface area contributed by atoms with Gasteiger partial charge in [0.25, 0.3) is 0 Å². The van der Waals surface area contributed by atoms with Gasteiger partial charge < -0.3 is 0 Å². The van der Waals surface area contributed by atoms with Gasteiger partial charge in [-0.1, -0.05) is 80.6 Å². The van der Waals surface area contributed by atoms with Gasteiger partial charge in [-0.15, -0.1) is 11.3 Å². The van der Waals surface area contributed by atoms with Crippen LogP contribution in [0.4, 0.5) is 0 Å². The Morgan fingerprint density at radius 3 is 2.00 bits per heavy atom. The van der Waals surface area contributed by atoms with Gasteiger partial charge >= 0.3 is 0 Å². The second-order valence-electron chi connectivity index (χ2n) is 5.99. The van der Waals surface area contributed by atoms with Crippen LogP contribution < -0.4 is 0 Å². The Morgan fingerprint density at radius 1 is 0.950 bits per heavy atom. The first-order chi connectivity index (χ1) is 9.65. The third kappa shape index (κ3) is 7.26. The number of unbranched alkanes of at least 4 members (excludes halogenated alkanes) is 8. The summed E-state index contributed by atoms with van der Waals surface area (Å²) in [7, 11) is 0. The molecule has 116 valence electrons. The fourth-order valence-corrected chi connectivity index (χ4v) is 4.75. The van der Waals surface area contributed by atoms with E-state index in [2.05, 4.69) is 42.8 Å². The van der Waals surface area contributed by atoms with E-state index >= 15 is 0 Å². The number of rotatable bonds is 11. The lowest BCUT2D eigenvalue weighted by atomic mass is 10.0. The molecule has 0 aliphatic rings. The summed E-state index contributed by atoms with van der Waals surface area (Å²) in [6, 6.07) is 2.31. The van der Waals surface area contributed by atoms with E-state index in [0.717, 1.165) is 0 Å². The third-order valence-corrected chi connectivity index (χ3v) is 6.41. The van der Waals surface area contributed by atoms with E-state index in [4.69, 9.17) is 0 Å². The van der Waals surface area contributed by atoms with Gasteiger partial charge in [0.05, 0.1) is 0 Å². The van der Waals surface area contributed by atoms with Crippen molar-refractivity contribution in [1.29, 1.82) is 0 Å². The van der Waals surface area contributed by atoms with Crippen molar-refractivity contribution in [3.8, 4) is 0 Å². The normalized spacial score (nSPS) is 12.8. The maximum Gasteiger partial charge on any atom is 0.0491 e. The lowest BCUT2D eigenvalue weighted by Gasteiger charge is -2.09. The molecule has 0 N–H and O–H groups in total. The molecule has 1 aromatic rings. The average molecular weight is 359 g/mol. The Morgan fingerprint density at radius 2 is 1.50 bits per heavy atom. The van der Waals surface area contributed by atoms with Crippen LogP contribution >= 0.6 is 27.3 Å². The molecule has 0 saturated carbocycles. The predicted molar refractivity (Wildman–Crippen MR) is 97.3 cm³/mol. The van der Waals surface area contributed by atoms with Crippen molar-refractivity contribution in [3.63, 3.8) is 0 Å². The predicted octanol–water partition coefficient (Wildman–Crippen LogP) is 7.72. The van der Waals surface area contributed by atoms with Crippen molar-refractivity contribution in [2.45, 2.75) is 89.8 Å². The van der Waals surface area contributed by atoms with Crippen molar-refractivity contribution in [1.82, 2.24) is 0 Å². The fraction of sp³-hybridized carbons (Fsp3) is 0.778. The first kappa shape index (κ1) is 18.2. The average Bonchev–Trinajstić information content (AvgIpc) is 2.75. The molecule has 0 aromatic carbocycles. The summed E-state index contributed by atoms with van der Waals surface area (Å²) in [5.41, 5.74) is 1.46. The quantitative estimate of drug-likeness (QED) is 0.280. The summed E-state index contributed by atoms with van der Waals surface area (Å²) in [6.45, 7) is 6.73. The van der Waals surface area contributed by atoms with Gasteiger partial charge in [-0.3, -0.25) is 0 Å². The van der Waals surface area contributed by atoms with Gasteiger partial charge in [-0.2, -0.15) is 0 Å². The van der Waals surface area contributed by atoms with E-state index in [0.29, 0.717) is 4.83 Å². The van der Waals surface area contributed by atoms with Crippen LogP contribution in [0.5, 0.6) is 0 Å². The summed E-state index contributed by atoms with van der Waals surface area (Å²) in [5.74, 6) is 0. The molecule has 1 heterocycles. The van der Waals surface area contributed by atoms with Crippen molar-refractivity contribution in [2.24, 2.45) is 0 Å². The summed E-state index contributed by atoms with van der Waals surface area (Å²) in [6.07, 6.45) is 14.0. The number of alkyl halides is 1. The lowest BCUT2D eigenvalue weighted by Crippen LogP contribution is -1.89. The second-order valence-corrected chi connectivity index (χ2v) is 8.38. The van der Waals surface area contributed by atoms with Crippen LogP contribution in [0.2, 0.25) is 0 Å². The van der Waals surface area contributed by atoms with E-state index in [1.165, 1.54) is 74.6 Å². The van der Waals surface area contributed by atoms with Gasteiger partial charge in [0.2, 0.25) is 0 Å². The third-order valence-electron chi connectivity index (χ3n) is 3.92. The lowest BCUT2D eigenvalue weighted by molar-refractivity contribution is 0.556. The zero-order valence-corrected chi connectivity index (χ0v) is 15.9. The summed E-state index contributed by atoms with van der Waals surface area (Å²) >= 11 is 5.83. The van der Waals surface area contributed by atoms with Crippen LogP contribution in [0.25, 0.3) is 0 Å². The van der Waals surface area contributed by atoms with Crippen molar-refractivity contribution in [3.05, 3.63) is 21.4 Å². The SMILES string of the molecule is CCCCCCCCCCCC(Br)c1sc(C)cc1C. The molecule has 0 amide bonds. The van der Waals surface area contributed by atoms with E-state index in [9.17, 15) is 0 Å². The number of thiophene rings is 1. The number of aryl methyl sites for hydroxylation is 2. The van der Waals surface area contributed by atoms with E-state index in [-0.39, 0.29) is 0 Å². The van der Waals surface area contributed by atoms with E-state index in [1.807, 2.05) is 11.3 Å². The van der Waals surface area contributed by atoms with Crippen molar-refractivity contribution in [2.75, 3.05) is 0 Å². The second kappa shape index (κ2) is 10.8. The smallest absolute Gasteiger partial charge is 0.0491 e. The van der Waals surface area contributed by atoms with Crippen LogP contribution in [0.1, 0.15) is 91.3 Å². The maximum absolute atomic E-state index is 3.87. The Bertz CT molecular complexity index is 356. The number of halogens is 1. The van der Waals surface area contributed by atoms with E-state index in [1.54, 1.807) is 4.88 Å². The Balaban J connectivity index is 2.02. The summed E-state index contributed by atoms with van der Waals surface area (Å²) < 4.78 is 0. The Kier molecular flexibility index (Phi) is 9.88. The molecule has 0 radical (unpaired) electrons. The fourth-order valence-electron chi connectivity index (χ4n) is 2.74. The molecule has 1 rings (SSSR count). The molecule has 20 heavy (non-hydrogen) atoms. The zero-order valence-electron chi connectivity index (χ0n) is 13.5.